The fraction of sp³-hybridized carbons (Fsp3) is 0.273. The minimum atomic E-state index is 0.376. The Morgan fingerprint density at radius 2 is 2.00 bits per heavy atom. The maximum atomic E-state index is 8.85. The highest BCUT2D eigenvalue weighted by atomic mass is 15.3. The SMILES string of the molecule is Cc1cc(-c2cc(C#N)nc(C)n2)n(C)n1. The van der Waals surface area contributed by atoms with Crippen LogP contribution in [0, 0.1) is 25.2 Å². The number of hydrogen-bond acceptors (Lipinski definition) is 4. The molecule has 2 heterocycles. The quantitative estimate of drug-likeness (QED) is 0.717. The third kappa shape index (κ3) is 1.77. The van der Waals surface area contributed by atoms with Crippen molar-refractivity contribution in [3.63, 3.8) is 0 Å². The molecule has 0 amide bonds. The first-order valence-corrected chi connectivity index (χ1v) is 4.87. The van der Waals surface area contributed by atoms with E-state index in [0.29, 0.717) is 11.5 Å². The Morgan fingerprint density at radius 3 is 2.56 bits per heavy atom. The summed E-state index contributed by atoms with van der Waals surface area (Å²) in [6, 6.07) is 5.63. The van der Waals surface area contributed by atoms with Gasteiger partial charge in [-0.3, -0.25) is 4.68 Å². The molecule has 2 aromatic rings. The second-order valence-electron chi connectivity index (χ2n) is 3.59. The average molecular weight is 213 g/mol. The van der Waals surface area contributed by atoms with E-state index >= 15 is 0 Å². The highest BCUT2D eigenvalue weighted by Crippen LogP contribution is 2.18. The lowest BCUT2D eigenvalue weighted by atomic mass is 10.2. The van der Waals surface area contributed by atoms with E-state index in [1.165, 1.54) is 0 Å². The summed E-state index contributed by atoms with van der Waals surface area (Å²) in [5, 5.41) is 13.1. The third-order valence-corrected chi connectivity index (χ3v) is 2.22. The van der Waals surface area contributed by atoms with Crippen LogP contribution in [0.25, 0.3) is 11.4 Å². The summed E-state index contributed by atoms with van der Waals surface area (Å²) in [6.07, 6.45) is 0. The molecule has 2 rings (SSSR count). The average Bonchev–Trinajstić information content (AvgIpc) is 2.57. The van der Waals surface area contributed by atoms with Crippen LogP contribution < -0.4 is 0 Å². The van der Waals surface area contributed by atoms with Gasteiger partial charge in [0.1, 0.15) is 17.6 Å². The number of hydrogen-bond donors (Lipinski definition) is 0. The zero-order chi connectivity index (χ0) is 11.7. The molecule has 0 N–H and O–H groups in total. The van der Waals surface area contributed by atoms with Crippen LogP contribution in [0.3, 0.4) is 0 Å². The molecule has 0 radical (unpaired) electrons. The zero-order valence-corrected chi connectivity index (χ0v) is 9.39. The summed E-state index contributed by atoms with van der Waals surface area (Å²) in [5.41, 5.74) is 2.92. The minimum Gasteiger partial charge on any atom is -0.266 e. The summed E-state index contributed by atoms with van der Waals surface area (Å²) in [7, 11) is 1.85. The van der Waals surface area contributed by atoms with Crippen molar-refractivity contribution in [2.45, 2.75) is 13.8 Å². The van der Waals surface area contributed by atoms with E-state index in [4.69, 9.17) is 5.26 Å². The first-order chi connectivity index (χ1) is 7.60. The van der Waals surface area contributed by atoms with Crippen LogP contribution in [0.2, 0.25) is 0 Å². The van der Waals surface area contributed by atoms with Crippen molar-refractivity contribution in [1.82, 2.24) is 19.7 Å². The number of rotatable bonds is 1. The lowest BCUT2D eigenvalue weighted by Gasteiger charge is -2.02. The predicted molar refractivity (Wildman–Crippen MR) is 58.4 cm³/mol. The molecule has 0 bridgehead atoms. The normalized spacial score (nSPS) is 10.1. The maximum absolute atomic E-state index is 8.85. The van der Waals surface area contributed by atoms with Gasteiger partial charge in [0, 0.05) is 13.1 Å². The Labute approximate surface area is 93.4 Å². The van der Waals surface area contributed by atoms with Crippen LogP contribution in [0.4, 0.5) is 0 Å². The van der Waals surface area contributed by atoms with Crippen LogP contribution in [0.1, 0.15) is 17.2 Å². The molecule has 0 aliphatic rings. The van der Waals surface area contributed by atoms with E-state index in [0.717, 1.165) is 17.1 Å². The molecule has 0 saturated carbocycles. The fourth-order valence-corrected chi connectivity index (χ4v) is 1.61. The first kappa shape index (κ1) is 10.3. The van der Waals surface area contributed by atoms with Crippen LogP contribution >= 0.6 is 0 Å². The molecule has 0 aromatic carbocycles. The molecule has 80 valence electrons. The van der Waals surface area contributed by atoms with E-state index in [1.54, 1.807) is 17.7 Å². The smallest absolute Gasteiger partial charge is 0.144 e. The minimum absolute atomic E-state index is 0.376. The summed E-state index contributed by atoms with van der Waals surface area (Å²) in [4.78, 5) is 8.32. The second-order valence-corrected chi connectivity index (χ2v) is 3.59. The summed E-state index contributed by atoms with van der Waals surface area (Å²) in [6.45, 7) is 3.69. The molecule has 16 heavy (non-hydrogen) atoms. The second kappa shape index (κ2) is 3.74. The van der Waals surface area contributed by atoms with Gasteiger partial charge in [0.15, 0.2) is 0 Å². The number of nitriles is 1. The maximum Gasteiger partial charge on any atom is 0.144 e. The molecule has 0 aliphatic heterocycles. The van der Waals surface area contributed by atoms with E-state index in [-0.39, 0.29) is 0 Å². The summed E-state index contributed by atoms with van der Waals surface area (Å²) < 4.78 is 1.75. The van der Waals surface area contributed by atoms with Crippen molar-refractivity contribution in [3.05, 3.63) is 29.3 Å². The molecule has 0 atom stereocenters. The Kier molecular flexibility index (Phi) is 2.41. The van der Waals surface area contributed by atoms with Crippen molar-refractivity contribution in [3.8, 4) is 17.5 Å². The predicted octanol–water partition coefficient (Wildman–Crippen LogP) is 1.37. The Morgan fingerprint density at radius 1 is 1.25 bits per heavy atom. The summed E-state index contributed by atoms with van der Waals surface area (Å²) in [5.74, 6) is 0.591. The molecule has 5 heteroatoms. The van der Waals surface area contributed by atoms with Gasteiger partial charge in [-0.1, -0.05) is 0 Å². The van der Waals surface area contributed by atoms with Crippen molar-refractivity contribution in [2.24, 2.45) is 7.05 Å². The topological polar surface area (TPSA) is 67.4 Å². The molecule has 0 unspecified atom stereocenters. The number of nitrogens with zero attached hydrogens (tertiary/aromatic N) is 5. The standard InChI is InChI=1S/C11H11N5/c1-7-4-11(16(3)15-7)10-5-9(6-12)13-8(2)14-10/h4-5H,1-3H3. The van der Waals surface area contributed by atoms with E-state index in [2.05, 4.69) is 15.1 Å². The third-order valence-electron chi connectivity index (χ3n) is 2.22. The number of aryl methyl sites for hydroxylation is 3. The first-order valence-electron chi connectivity index (χ1n) is 4.87. The Hall–Kier alpha value is -2.22. The van der Waals surface area contributed by atoms with Gasteiger partial charge in [0.05, 0.1) is 17.1 Å². The van der Waals surface area contributed by atoms with Crippen molar-refractivity contribution < 1.29 is 0 Å². The van der Waals surface area contributed by atoms with Gasteiger partial charge in [0.2, 0.25) is 0 Å². The van der Waals surface area contributed by atoms with Gasteiger partial charge in [0.25, 0.3) is 0 Å². The molecule has 0 spiro atoms. The molecule has 2 aromatic heterocycles. The molecule has 0 fully saturated rings. The largest absolute Gasteiger partial charge is 0.266 e. The molecule has 0 saturated heterocycles. The van der Waals surface area contributed by atoms with E-state index in [9.17, 15) is 0 Å². The van der Waals surface area contributed by atoms with E-state index in [1.807, 2.05) is 26.1 Å². The van der Waals surface area contributed by atoms with E-state index < -0.39 is 0 Å². The fourth-order valence-electron chi connectivity index (χ4n) is 1.61. The number of aromatic nitrogens is 4. The van der Waals surface area contributed by atoms with Crippen molar-refractivity contribution in [2.75, 3.05) is 0 Å². The monoisotopic (exact) mass is 213 g/mol. The lowest BCUT2D eigenvalue weighted by molar-refractivity contribution is 0.760. The van der Waals surface area contributed by atoms with Crippen LogP contribution in [-0.4, -0.2) is 19.7 Å². The molecule has 0 aliphatic carbocycles. The van der Waals surface area contributed by atoms with Gasteiger partial charge < -0.3 is 0 Å². The molecular formula is C11H11N5. The van der Waals surface area contributed by atoms with Crippen LogP contribution in [0.15, 0.2) is 12.1 Å². The van der Waals surface area contributed by atoms with Gasteiger partial charge in [-0.2, -0.15) is 10.4 Å². The van der Waals surface area contributed by atoms with Crippen molar-refractivity contribution in [1.29, 1.82) is 5.26 Å². The Balaban J connectivity index is 2.60. The van der Waals surface area contributed by atoms with Crippen LogP contribution in [0.5, 0.6) is 0 Å². The zero-order valence-electron chi connectivity index (χ0n) is 9.39. The lowest BCUT2D eigenvalue weighted by Crippen LogP contribution is -1.99. The van der Waals surface area contributed by atoms with Gasteiger partial charge in [-0.05, 0) is 19.9 Å². The Bertz CT molecular complexity index is 577. The molecular weight excluding hydrogens is 202 g/mol. The van der Waals surface area contributed by atoms with Gasteiger partial charge in [-0.15, -0.1) is 0 Å². The van der Waals surface area contributed by atoms with Gasteiger partial charge in [-0.25, -0.2) is 9.97 Å². The van der Waals surface area contributed by atoms with Gasteiger partial charge >= 0.3 is 0 Å². The molecule has 5 nitrogen and oxygen atoms in total. The summed E-state index contributed by atoms with van der Waals surface area (Å²) >= 11 is 0. The highest BCUT2D eigenvalue weighted by Gasteiger charge is 2.09. The highest BCUT2D eigenvalue weighted by molar-refractivity contribution is 5.56. The van der Waals surface area contributed by atoms with Crippen molar-refractivity contribution >= 4 is 0 Å². The van der Waals surface area contributed by atoms with Crippen LogP contribution in [-0.2, 0) is 7.05 Å².